The number of carboxylic acids is 1. The van der Waals surface area contributed by atoms with Crippen LogP contribution in [0.25, 0.3) is 5.69 Å². The molecule has 0 saturated heterocycles. The molecule has 2 rings (SSSR count). The number of carbonyl (C=O) groups is 2. The van der Waals surface area contributed by atoms with Crippen molar-refractivity contribution in [2.75, 3.05) is 0 Å². The number of rotatable bonds is 6. The Bertz CT molecular complexity index is 735. The predicted octanol–water partition coefficient (Wildman–Crippen LogP) is 2.04. The predicted molar refractivity (Wildman–Crippen MR) is 80.1 cm³/mol. The molecule has 0 fully saturated rings. The molecule has 9 heteroatoms. The van der Waals surface area contributed by atoms with E-state index in [9.17, 15) is 14.0 Å². The van der Waals surface area contributed by atoms with E-state index in [2.05, 4.69) is 15.6 Å². The molecule has 0 aliphatic carbocycles. The third-order valence-corrected chi connectivity index (χ3v) is 3.38. The number of nitrogens with one attached hydrogen (secondary N) is 1. The van der Waals surface area contributed by atoms with Crippen LogP contribution in [0.3, 0.4) is 0 Å². The van der Waals surface area contributed by atoms with E-state index in [1.54, 1.807) is 6.92 Å². The van der Waals surface area contributed by atoms with Crippen LogP contribution < -0.4 is 5.32 Å². The molecule has 1 aromatic heterocycles. The summed E-state index contributed by atoms with van der Waals surface area (Å²) in [6.07, 6.45) is 2.09. The van der Waals surface area contributed by atoms with Gasteiger partial charge in [0.2, 0.25) is 0 Å². The van der Waals surface area contributed by atoms with Gasteiger partial charge in [-0.1, -0.05) is 36.2 Å². The maximum Gasteiger partial charge on any atom is 0.326 e. The summed E-state index contributed by atoms with van der Waals surface area (Å²) < 4.78 is 15.0. The van der Waals surface area contributed by atoms with Gasteiger partial charge in [-0.05, 0) is 18.6 Å². The Kier molecular flexibility index (Phi) is 5.28. The van der Waals surface area contributed by atoms with Gasteiger partial charge in [-0.3, -0.25) is 4.79 Å². The summed E-state index contributed by atoms with van der Waals surface area (Å²) in [7, 11) is 0. The quantitative estimate of drug-likeness (QED) is 0.838. The topological polar surface area (TPSA) is 97.1 Å². The molecular formula is C14H14ClFN4O3. The molecule has 1 aromatic carbocycles. The van der Waals surface area contributed by atoms with Gasteiger partial charge in [0, 0.05) is 0 Å². The minimum atomic E-state index is -1.13. The fourth-order valence-corrected chi connectivity index (χ4v) is 2.10. The van der Waals surface area contributed by atoms with Crippen molar-refractivity contribution in [2.24, 2.45) is 0 Å². The van der Waals surface area contributed by atoms with Crippen molar-refractivity contribution < 1.29 is 19.1 Å². The van der Waals surface area contributed by atoms with E-state index in [-0.39, 0.29) is 22.8 Å². The van der Waals surface area contributed by atoms with E-state index >= 15 is 0 Å². The maximum atomic E-state index is 13.9. The SMILES string of the molecule is CCCC(NC(=O)c1cn(-c2cccc(Cl)c2F)nn1)C(=O)O. The lowest BCUT2D eigenvalue weighted by Gasteiger charge is -2.11. The third kappa shape index (κ3) is 3.84. The molecular weight excluding hydrogens is 327 g/mol. The molecule has 0 radical (unpaired) electrons. The Morgan fingerprint density at radius 3 is 2.87 bits per heavy atom. The Morgan fingerprint density at radius 1 is 1.48 bits per heavy atom. The highest BCUT2D eigenvalue weighted by atomic mass is 35.5. The third-order valence-electron chi connectivity index (χ3n) is 3.08. The van der Waals surface area contributed by atoms with Gasteiger partial charge in [-0.15, -0.1) is 5.10 Å². The number of benzene rings is 1. The van der Waals surface area contributed by atoms with Gasteiger partial charge < -0.3 is 10.4 Å². The summed E-state index contributed by atoms with van der Waals surface area (Å²) in [5, 5.41) is 18.6. The van der Waals surface area contributed by atoms with Gasteiger partial charge in [0.05, 0.1) is 11.2 Å². The van der Waals surface area contributed by atoms with E-state index in [1.807, 2.05) is 0 Å². The highest BCUT2D eigenvalue weighted by Gasteiger charge is 2.22. The second-order valence-corrected chi connectivity index (χ2v) is 5.18. The first-order chi connectivity index (χ1) is 10.9. The van der Waals surface area contributed by atoms with E-state index in [0.29, 0.717) is 6.42 Å². The summed E-state index contributed by atoms with van der Waals surface area (Å²) >= 11 is 5.69. The molecule has 0 bridgehead atoms. The van der Waals surface area contributed by atoms with Crippen LogP contribution in [0.5, 0.6) is 0 Å². The zero-order valence-electron chi connectivity index (χ0n) is 12.2. The van der Waals surface area contributed by atoms with Crippen LogP contribution in [-0.2, 0) is 4.79 Å². The van der Waals surface area contributed by atoms with Crippen LogP contribution in [0, 0.1) is 5.82 Å². The molecule has 2 N–H and O–H groups in total. The number of aromatic nitrogens is 3. The van der Waals surface area contributed by atoms with Crippen molar-refractivity contribution >= 4 is 23.5 Å². The molecule has 0 aliphatic rings. The number of hydrogen-bond donors (Lipinski definition) is 2. The molecule has 0 saturated carbocycles. The summed E-state index contributed by atoms with van der Waals surface area (Å²) in [6, 6.07) is 3.33. The van der Waals surface area contributed by atoms with Gasteiger partial charge in [0.1, 0.15) is 11.7 Å². The number of halogens is 2. The first kappa shape index (κ1) is 16.9. The summed E-state index contributed by atoms with van der Waals surface area (Å²) in [4.78, 5) is 23.1. The van der Waals surface area contributed by atoms with Crippen LogP contribution >= 0.6 is 11.6 Å². The van der Waals surface area contributed by atoms with Crippen molar-refractivity contribution in [1.29, 1.82) is 0 Å². The normalized spacial score (nSPS) is 12.0. The number of carboxylic acid groups (broad SMARTS) is 1. The van der Waals surface area contributed by atoms with Crippen LogP contribution in [-0.4, -0.2) is 38.0 Å². The molecule has 0 spiro atoms. The number of carbonyl (C=O) groups excluding carboxylic acids is 1. The standard InChI is InChI=1S/C14H14ClFN4O3/c1-2-4-9(14(22)23)17-13(21)10-7-20(19-18-10)11-6-3-5-8(15)12(11)16/h3,5-7,9H,2,4H2,1H3,(H,17,21)(H,22,23). The minimum absolute atomic E-state index is 0.0346. The largest absolute Gasteiger partial charge is 0.480 e. The average Bonchev–Trinajstić information content (AvgIpc) is 2.99. The zero-order chi connectivity index (χ0) is 17.0. The van der Waals surface area contributed by atoms with Gasteiger partial charge >= 0.3 is 5.97 Å². The molecule has 2 aromatic rings. The van der Waals surface area contributed by atoms with E-state index in [1.165, 1.54) is 24.4 Å². The molecule has 7 nitrogen and oxygen atoms in total. The van der Waals surface area contributed by atoms with Gasteiger partial charge in [0.25, 0.3) is 5.91 Å². The summed E-state index contributed by atoms with van der Waals surface area (Å²) in [6.45, 7) is 1.81. The highest BCUT2D eigenvalue weighted by Crippen LogP contribution is 2.20. The van der Waals surface area contributed by atoms with Crippen molar-refractivity contribution in [3.05, 3.63) is 40.9 Å². The minimum Gasteiger partial charge on any atom is -0.480 e. The average molecular weight is 341 g/mol. The number of aliphatic carboxylic acids is 1. The highest BCUT2D eigenvalue weighted by molar-refractivity contribution is 6.30. The summed E-state index contributed by atoms with van der Waals surface area (Å²) in [5.41, 5.74) is -0.0841. The molecule has 1 heterocycles. The second-order valence-electron chi connectivity index (χ2n) is 4.77. The lowest BCUT2D eigenvalue weighted by Crippen LogP contribution is -2.40. The first-order valence-electron chi connectivity index (χ1n) is 6.84. The fourth-order valence-electron chi connectivity index (χ4n) is 1.93. The lowest BCUT2D eigenvalue weighted by molar-refractivity contribution is -0.139. The maximum absolute atomic E-state index is 13.9. The van der Waals surface area contributed by atoms with Crippen LogP contribution in [0.4, 0.5) is 4.39 Å². The Morgan fingerprint density at radius 2 is 2.22 bits per heavy atom. The molecule has 122 valence electrons. The molecule has 23 heavy (non-hydrogen) atoms. The molecule has 1 amide bonds. The summed E-state index contributed by atoms with van der Waals surface area (Å²) in [5.74, 6) is -2.52. The Labute approximate surface area is 136 Å². The van der Waals surface area contributed by atoms with Crippen molar-refractivity contribution in [3.8, 4) is 5.69 Å². The number of hydrogen-bond acceptors (Lipinski definition) is 4. The van der Waals surface area contributed by atoms with Crippen LogP contribution in [0.1, 0.15) is 30.3 Å². The molecule has 1 unspecified atom stereocenters. The van der Waals surface area contributed by atoms with Gasteiger partial charge in [-0.2, -0.15) is 0 Å². The Balaban J connectivity index is 2.20. The van der Waals surface area contributed by atoms with E-state index < -0.39 is 23.7 Å². The smallest absolute Gasteiger partial charge is 0.326 e. The zero-order valence-corrected chi connectivity index (χ0v) is 12.9. The van der Waals surface area contributed by atoms with Crippen molar-refractivity contribution in [1.82, 2.24) is 20.3 Å². The fraction of sp³-hybridized carbons (Fsp3) is 0.286. The number of nitrogens with zero attached hydrogens (tertiary/aromatic N) is 3. The second kappa shape index (κ2) is 7.19. The Hall–Kier alpha value is -2.48. The van der Waals surface area contributed by atoms with Crippen molar-refractivity contribution in [2.45, 2.75) is 25.8 Å². The van der Waals surface area contributed by atoms with Gasteiger partial charge in [0.15, 0.2) is 11.5 Å². The number of amides is 1. The van der Waals surface area contributed by atoms with Crippen molar-refractivity contribution in [3.63, 3.8) is 0 Å². The van der Waals surface area contributed by atoms with Crippen LogP contribution in [0.2, 0.25) is 5.02 Å². The van der Waals surface area contributed by atoms with E-state index in [0.717, 1.165) is 4.68 Å². The lowest BCUT2D eigenvalue weighted by atomic mass is 10.1. The first-order valence-corrected chi connectivity index (χ1v) is 7.22. The monoisotopic (exact) mass is 340 g/mol. The molecule has 0 aliphatic heterocycles. The van der Waals surface area contributed by atoms with Crippen LogP contribution in [0.15, 0.2) is 24.4 Å². The van der Waals surface area contributed by atoms with Gasteiger partial charge in [-0.25, -0.2) is 13.9 Å². The van der Waals surface area contributed by atoms with E-state index in [4.69, 9.17) is 16.7 Å². The molecule has 1 atom stereocenters.